The molecule has 0 amide bonds. The topological polar surface area (TPSA) is 24.9 Å². The Labute approximate surface area is 87.9 Å². The summed E-state index contributed by atoms with van der Waals surface area (Å²) in [7, 11) is 1.98. The van der Waals surface area contributed by atoms with Gasteiger partial charge in [0.15, 0.2) is 0 Å². The average Bonchev–Trinajstić information content (AvgIpc) is 2.04. The molecule has 0 saturated heterocycles. The summed E-state index contributed by atoms with van der Waals surface area (Å²) >= 11 is 3.42. The van der Waals surface area contributed by atoms with Gasteiger partial charge in [-0.25, -0.2) is 0 Å². The van der Waals surface area contributed by atoms with Crippen LogP contribution < -0.4 is 5.32 Å². The van der Waals surface area contributed by atoms with Crippen LogP contribution in [0.2, 0.25) is 0 Å². The summed E-state index contributed by atoms with van der Waals surface area (Å²) in [5.41, 5.74) is 1.23. The summed E-state index contributed by atoms with van der Waals surface area (Å²) < 4.78 is 1.03. The van der Waals surface area contributed by atoms with E-state index in [-0.39, 0.29) is 0 Å². The number of hydrogen-bond acceptors (Lipinski definition) is 2. The molecule has 1 unspecified atom stereocenters. The molecule has 0 aliphatic rings. The number of nitrogens with one attached hydrogen (secondary N) is 1. The molecular formula is C10H15BrN2. The molecule has 2 nitrogen and oxygen atoms in total. The van der Waals surface area contributed by atoms with E-state index in [2.05, 4.69) is 46.1 Å². The van der Waals surface area contributed by atoms with E-state index in [9.17, 15) is 0 Å². The SMILES string of the molecule is CNC(c1cncc(Br)c1)C(C)C. The summed E-state index contributed by atoms with van der Waals surface area (Å²) in [6, 6.07) is 2.48. The number of nitrogens with zero attached hydrogens (tertiary/aromatic N) is 1. The van der Waals surface area contributed by atoms with Crippen molar-refractivity contribution in [3.05, 3.63) is 28.5 Å². The zero-order valence-corrected chi connectivity index (χ0v) is 9.80. The average molecular weight is 243 g/mol. The maximum atomic E-state index is 4.15. The summed E-state index contributed by atoms with van der Waals surface area (Å²) in [6.07, 6.45) is 3.71. The number of halogens is 1. The van der Waals surface area contributed by atoms with Crippen LogP contribution in [0.1, 0.15) is 25.5 Å². The second-order valence-electron chi connectivity index (χ2n) is 3.45. The van der Waals surface area contributed by atoms with E-state index in [1.165, 1.54) is 5.56 Å². The summed E-state index contributed by atoms with van der Waals surface area (Å²) in [5, 5.41) is 3.28. The van der Waals surface area contributed by atoms with Gasteiger partial charge in [0.25, 0.3) is 0 Å². The molecule has 0 spiro atoms. The minimum atomic E-state index is 0.380. The van der Waals surface area contributed by atoms with Crippen LogP contribution in [0.3, 0.4) is 0 Å². The monoisotopic (exact) mass is 242 g/mol. The standard InChI is InChI=1S/C10H15BrN2/c1-7(2)10(12-3)8-4-9(11)6-13-5-8/h4-7,10,12H,1-3H3. The van der Waals surface area contributed by atoms with Crippen LogP contribution in [0.25, 0.3) is 0 Å². The Morgan fingerprint density at radius 3 is 2.54 bits per heavy atom. The van der Waals surface area contributed by atoms with E-state index in [0.29, 0.717) is 12.0 Å². The summed E-state index contributed by atoms with van der Waals surface area (Å²) in [4.78, 5) is 4.15. The lowest BCUT2D eigenvalue weighted by atomic mass is 9.98. The molecule has 1 atom stereocenters. The molecule has 0 fully saturated rings. The van der Waals surface area contributed by atoms with Gasteiger partial charge in [-0.15, -0.1) is 0 Å². The molecule has 0 saturated carbocycles. The Kier molecular flexibility index (Phi) is 3.88. The first-order valence-corrected chi connectivity index (χ1v) is 5.22. The molecule has 0 aliphatic carbocycles. The normalized spacial score (nSPS) is 13.3. The van der Waals surface area contributed by atoms with Crippen LogP contribution in [0.4, 0.5) is 0 Å². The van der Waals surface area contributed by atoms with Crippen molar-refractivity contribution < 1.29 is 0 Å². The Hall–Kier alpha value is -0.410. The van der Waals surface area contributed by atoms with Gasteiger partial charge in [-0.05, 0) is 40.5 Å². The number of rotatable bonds is 3. The van der Waals surface area contributed by atoms with Crippen molar-refractivity contribution in [1.29, 1.82) is 0 Å². The molecule has 1 rings (SSSR count). The molecular weight excluding hydrogens is 228 g/mol. The largest absolute Gasteiger partial charge is 0.313 e. The Morgan fingerprint density at radius 2 is 2.08 bits per heavy atom. The van der Waals surface area contributed by atoms with Crippen molar-refractivity contribution >= 4 is 15.9 Å². The Balaban J connectivity index is 2.91. The van der Waals surface area contributed by atoms with Crippen molar-refractivity contribution in [3.63, 3.8) is 0 Å². The van der Waals surface area contributed by atoms with Gasteiger partial charge in [-0.1, -0.05) is 13.8 Å². The van der Waals surface area contributed by atoms with E-state index >= 15 is 0 Å². The van der Waals surface area contributed by atoms with E-state index in [1.807, 2.05) is 13.2 Å². The Morgan fingerprint density at radius 1 is 1.38 bits per heavy atom. The van der Waals surface area contributed by atoms with Gasteiger partial charge in [0.2, 0.25) is 0 Å². The lowest BCUT2D eigenvalue weighted by Gasteiger charge is -2.20. The lowest BCUT2D eigenvalue weighted by Crippen LogP contribution is -2.21. The molecule has 72 valence electrons. The molecule has 1 heterocycles. The summed E-state index contributed by atoms with van der Waals surface area (Å²) in [6.45, 7) is 4.39. The van der Waals surface area contributed by atoms with E-state index in [4.69, 9.17) is 0 Å². The second kappa shape index (κ2) is 4.72. The van der Waals surface area contributed by atoms with Crippen LogP contribution in [-0.2, 0) is 0 Å². The van der Waals surface area contributed by atoms with E-state index in [0.717, 1.165) is 4.47 Å². The van der Waals surface area contributed by atoms with Crippen molar-refractivity contribution in [3.8, 4) is 0 Å². The number of hydrogen-bond donors (Lipinski definition) is 1. The highest BCUT2D eigenvalue weighted by Gasteiger charge is 2.13. The molecule has 0 bridgehead atoms. The molecule has 13 heavy (non-hydrogen) atoms. The highest BCUT2D eigenvalue weighted by Crippen LogP contribution is 2.22. The van der Waals surface area contributed by atoms with Crippen LogP contribution >= 0.6 is 15.9 Å². The number of aromatic nitrogens is 1. The first-order valence-electron chi connectivity index (χ1n) is 4.43. The van der Waals surface area contributed by atoms with Crippen LogP contribution in [-0.4, -0.2) is 12.0 Å². The van der Waals surface area contributed by atoms with E-state index in [1.54, 1.807) is 6.20 Å². The van der Waals surface area contributed by atoms with Gasteiger partial charge in [-0.3, -0.25) is 4.98 Å². The van der Waals surface area contributed by atoms with Crippen molar-refractivity contribution in [2.75, 3.05) is 7.05 Å². The molecule has 0 aliphatic heterocycles. The van der Waals surface area contributed by atoms with E-state index < -0.39 is 0 Å². The molecule has 0 radical (unpaired) electrons. The molecule has 1 aromatic heterocycles. The van der Waals surface area contributed by atoms with Crippen LogP contribution in [0, 0.1) is 5.92 Å². The zero-order valence-electron chi connectivity index (χ0n) is 8.21. The third-order valence-corrected chi connectivity index (χ3v) is 2.50. The Bertz CT molecular complexity index is 273. The highest BCUT2D eigenvalue weighted by molar-refractivity contribution is 9.10. The highest BCUT2D eigenvalue weighted by atomic mass is 79.9. The quantitative estimate of drug-likeness (QED) is 0.882. The van der Waals surface area contributed by atoms with Gasteiger partial charge >= 0.3 is 0 Å². The van der Waals surface area contributed by atoms with Crippen LogP contribution in [0.15, 0.2) is 22.9 Å². The maximum absolute atomic E-state index is 4.15. The van der Waals surface area contributed by atoms with Crippen molar-refractivity contribution in [2.45, 2.75) is 19.9 Å². The van der Waals surface area contributed by atoms with Gasteiger partial charge in [-0.2, -0.15) is 0 Å². The van der Waals surface area contributed by atoms with Crippen molar-refractivity contribution in [1.82, 2.24) is 10.3 Å². The first-order chi connectivity index (χ1) is 6.15. The fourth-order valence-corrected chi connectivity index (χ4v) is 1.87. The van der Waals surface area contributed by atoms with Crippen molar-refractivity contribution in [2.24, 2.45) is 5.92 Å². The summed E-state index contributed by atoms with van der Waals surface area (Å²) in [5.74, 6) is 0.570. The predicted molar refractivity (Wildman–Crippen MR) is 58.6 cm³/mol. The third-order valence-electron chi connectivity index (χ3n) is 2.06. The molecule has 3 heteroatoms. The molecule has 1 aromatic rings. The maximum Gasteiger partial charge on any atom is 0.0410 e. The zero-order chi connectivity index (χ0) is 9.84. The second-order valence-corrected chi connectivity index (χ2v) is 4.36. The number of pyridine rings is 1. The minimum Gasteiger partial charge on any atom is -0.313 e. The molecule has 0 aromatic carbocycles. The minimum absolute atomic E-state index is 0.380. The smallest absolute Gasteiger partial charge is 0.0410 e. The van der Waals surface area contributed by atoms with Gasteiger partial charge in [0.1, 0.15) is 0 Å². The fourth-order valence-electron chi connectivity index (χ4n) is 1.48. The van der Waals surface area contributed by atoms with Crippen LogP contribution in [0.5, 0.6) is 0 Å². The van der Waals surface area contributed by atoms with Gasteiger partial charge < -0.3 is 5.32 Å². The van der Waals surface area contributed by atoms with Gasteiger partial charge in [0, 0.05) is 22.9 Å². The first kappa shape index (κ1) is 10.7. The predicted octanol–water partition coefficient (Wildman–Crippen LogP) is 2.76. The fraction of sp³-hybridized carbons (Fsp3) is 0.500. The third kappa shape index (κ3) is 2.78. The molecule has 1 N–H and O–H groups in total. The van der Waals surface area contributed by atoms with Gasteiger partial charge in [0.05, 0.1) is 0 Å². The lowest BCUT2D eigenvalue weighted by molar-refractivity contribution is 0.442.